The molecule has 3 aromatic rings. The Kier molecular flexibility index (Phi) is 4.54. The number of anilines is 1. The van der Waals surface area contributed by atoms with Crippen LogP contribution in [-0.4, -0.2) is 22.4 Å². The van der Waals surface area contributed by atoms with Crippen LogP contribution in [0.5, 0.6) is 0 Å². The molecule has 26 heavy (non-hydrogen) atoms. The normalized spacial score (nSPS) is 11.5. The molecule has 7 heteroatoms. The molecule has 0 bridgehead atoms. The Labute approximate surface area is 147 Å². The first-order valence-electron chi connectivity index (χ1n) is 7.81. The predicted molar refractivity (Wildman–Crippen MR) is 92.1 cm³/mol. The lowest BCUT2D eigenvalue weighted by atomic mass is 10.1. The Bertz CT molecular complexity index is 990. The van der Waals surface area contributed by atoms with Gasteiger partial charge in [-0.1, -0.05) is 30.3 Å². The lowest BCUT2D eigenvalue weighted by Crippen LogP contribution is -2.22. The Morgan fingerprint density at radius 2 is 1.81 bits per heavy atom. The van der Waals surface area contributed by atoms with Crippen molar-refractivity contribution in [2.75, 3.05) is 5.32 Å². The van der Waals surface area contributed by atoms with Crippen LogP contribution in [0, 0.1) is 6.92 Å². The van der Waals surface area contributed by atoms with Gasteiger partial charge in [0.25, 0.3) is 5.78 Å². The van der Waals surface area contributed by atoms with Crippen molar-refractivity contribution >= 4 is 28.3 Å². The summed E-state index contributed by atoms with van der Waals surface area (Å²) >= 11 is 0. The van der Waals surface area contributed by atoms with E-state index in [2.05, 4.69) is 5.32 Å². The maximum atomic E-state index is 12.8. The summed E-state index contributed by atoms with van der Waals surface area (Å²) in [7, 11) is 0. The molecule has 0 saturated heterocycles. The van der Waals surface area contributed by atoms with Gasteiger partial charge < -0.3 is 9.88 Å². The molecule has 0 spiro atoms. The summed E-state index contributed by atoms with van der Waals surface area (Å²) in [5.74, 6) is -2.33. The predicted octanol–water partition coefficient (Wildman–Crippen LogP) is 4.33. The number of nitrogens with one attached hydrogen (secondary N) is 1. The van der Waals surface area contributed by atoms with Gasteiger partial charge in [-0.25, -0.2) is 0 Å². The SMILES string of the molecule is Cc1cccc(NC(=O)Cn2cc(C(=O)C(F)(F)F)c3ccccc32)c1. The highest BCUT2D eigenvalue weighted by Crippen LogP contribution is 2.28. The molecule has 0 radical (unpaired) electrons. The highest BCUT2D eigenvalue weighted by molar-refractivity contribution is 6.11. The van der Waals surface area contributed by atoms with E-state index in [9.17, 15) is 22.8 Å². The molecule has 0 unspecified atom stereocenters. The van der Waals surface area contributed by atoms with Crippen molar-refractivity contribution in [1.82, 2.24) is 4.57 Å². The number of rotatable bonds is 4. The van der Waals surface area contributed by atoms with Gasteiger partial charge in [0, 0.05) is 22.8 Å². The minimum absolute atomic E-state index is 0.165. The topological polar surface area (TPSA) is 51.1 Å². The Morgan fingerprint density at radius 1 is 1.08 bits per heavy atom. The van der Waals surface area contributed by atoms with E-state index >= 15 is 0 Å². The molecule has 0 fully saturated rings. The molecule has 1 aromatic heterocycles. The third-order valence-electron chi connectivity index (χ3n) is 3.91. The number of Topliss-reactive ketones (excluding diaryl/α,β-unsaturated/α-hetero) is 1. The van der Waals surface area contributed by atoms with Gasteiger partial charge in [-0.2, -0.15) is 13.2 Å². The van der Waals surface area contributed by atoms with E-state index in [0.29, 0.717) is 11.2 Å². The summed E-state index contributed by atoms with van der Waals surface area (Å²) in [5, 5.41) is 2.86. The van der Waals surface area contributed by atoms with Gasteiger partial charge in [0.15, 0.2) is 0 Å². The van der Waals surface area contributed by atoms with Crippen LogP contribution in [0.25, 0.3) is 10.9 Å². The molecule has 134 valence electrons. The first-order valence-corrected chi connectivity index (χ1v) is 7.81. The molecule has 0 atom stereocenters. The number of benzene rings is 2. The number of hydrogen-bond donors (Lipinski definition) is 1. The number of alkyl halides is 3. The van der Waals surface area contributed by atoms with Gasteiger partial charge in [-0.15, -0.1) is 0 Å². The average Bonchev–Trinajstić information content (AvgIpc) is 2.92. The molecular weight excluding hydrogens is 345 g/mol. The number of halogens is 3. The second kappa shape index (κ2) is 6.67. The number of ketones is 1. The molecule has 4 nitrogen and oxygen atoms in total. The molecule has 0 aliphatic carbocycles. The Morgan fingerprint density at radius 3 is 2.50 bits per heavy atom. The maximum Gasteiger partial charge on any atom is 0.454 e. The molecule has 2 aromatic carbocycles. The standard InChI is InChI=1S/C19H15F3N2O2/c1-12-5-4-6-13(9-12)23-17(25)11-24-10-15(18(26)19(20,21)22)14-7-2-3-8-16(14)24/h2-10H,11H2,1H3,(H,23,25). The zero-order valence-electron chi connectivity index (χ0n) is 13.8. The number of hydrogen-bond acceptors (Lipinski definition) is 2. The highest BCUT2D eigenvalue weighted by atomic mass is 19.4. The second-order valence-electron chi connectivity index (χ2n) is 5.93. The number of nitrogens with zero attached hydrogens (tertiary/aromatic N) is 1. The Hall–Kier alpha value is -3.09. The fraction of sp³-hybridized carbons (Fsp3) is 0.158. The lowest BCUT2D eigenvalue weighted by Gasteiger charge is -2.08. The largest absolute Gasteiger partial charge is 0.454 e. The van der Waals surface area contributed by atoms with Gasteiger partial charge in [-0.3, -0.25) is 9.59 Å². The van der Waals surface area contributed by atoms with E-state index < -0.39 is 23.4 Å². The molecule has 0 aliphatic heterocycles. The number of carbonyl (C=O) groups is 2. The van der Waals surface area contributed by atoms with Crippen LogP contribution >= 0.6 is 0 Å². The summed E-state index contributed by atoms with van der Waals surface area (Å²) in [4.78, 5) is 23.9. The van der Waals surface area contributed by atoms with Crippen LogP contribution in [0.1, 0.15) is 15.9 Å². The van der Waals surface area contributed by atoms with Crippen LogP contribution in [0.3, 0.4) is 0 Å². The van der Waals surface area contributed by atoms with Crippen molar-refractivity contribution in [2.45, 2.75) is 19.6 Å². The van der Waals surface area contributed by atoms with E-state index in [0.717, 1.165) is 11.8 Å². The third kappa shape index (κ3) is 3.61. The van der Waals surface area contributed by atoms with Gasteiger partial charge in [0.2, 0.25) is 5.91 Å². The molecule has 1 N–H and O–H groups in total. The number of para-hydroxylation sites is 1. The first kappa shape index (κ1) is 17.7. The number of carbonyl (C=O) groups excluding carboxylic acids is 2. The minimum Gasteiger partial charge on any atom is -0.337 e. The molecule has 1 heterocycles. The van der Waals surface area contributed by atoms with Crippen molar-refractivity contribution in [3.63, 3.8) is 0 Å². The smallest absolute Gasteiger partial charge is 0.337 e. The summed E-state index contributed by atoms with van der Waals surface area (Å²) in [5.41, 5.74) is 1.49. The van der Waals surface area contributed by atoms with Crippen molar-refractivity contribution in [2.24, 2.45) is 0 Å². The lowest BCUT2D eigenvalue weighted by molar-refractivity contribution is -0.116. The van der Waals surface area contributed by atoms with E-state index in [1.165, 1.54) is 10.6 Å². The summed E-state index contributed by atoms with van der Waals surface area (Å²) in [6.07, 6.45) is -3.89. The van der Waals surface area contributed by atoms with Crippen LogP contribution in [0.4, 0.5) is 18.9 Å². The van der Waals surface area contributed by atoms with Gasteiger partial charge in [0.05, 0.1) is 5.56 Å². The molecule has 0 aliphatic rings. The van der Waals surface area contributed by atoms with Crippen LogP contribution in [0.2, 0.25) is 0 Å². The number of fused-ring (bicyclic) bond motifs is 1. The Balaban J connectivity index is 1.91. The quantitative estimate of drug-likeness (QED) is 0.704. The van der Waals surface area contributed by atoms with E-state index in [-0.39, 0.29) is 11.9 Å². The number of aromatic nitrogens is 1. The maximum absolute atomic E-state index is 12.8. The van der Waals surface area contributed by atoms with Crippen molar-refractivity contribution in [1.29, 1.82) is 0 Å². The number of amides is 1. The zero-order chi connectivity index (χ0) is 18.9. The zero-order valence-corrected chi connectivity index (χ0v) is 13.8. The monoisotopic (exact) mass is 360 g/mol. The number of aryl methyl sites for hydroxylation is 1. The fourth-order valence-corrected chi connectivity index (χ4v) is 2.79. The third-order valence-corrected chi connectivity index (χ3v) is 3.91. The van der Waals surface area contributed by atoms with Crippen LogP contribution < -0.4 is 5.32 Å². The molecule has 1 amide bonds. The minimum atomic E-state index is -4.97. The van der Waals surface area contributed by atoms with E-state index in [4.69, 9.17) is 0 Å². The molecule has 3 rings (SSSR count). The fourth-order valence-electron chi connectivity index (χ4n) is 2.79. The van der Waals surface area contributed by atoms with Crippen molar-refractivity contribution in [3.05, 3.63) is 65.9 Å². The van der Waals surface area contributed by atoms with Gasteiger partial charge in [0.1, 0.15) is 6.54 Å². The first-order chi connectivity index (χ1) is 12.3. The highest BCUT2D eigenvalue weighted by Gasteiger charge is 2.40. The molecule has 0 saturated carbocycles. The van der Waals surface area contributed by atoms with Gasteiger partial charge >= 0.3 is 6.18 Å². The molecular formula is C19H15F3N2O2. The second-order valence-corrected chi connectivity index (χ2v) is 5.93. The van der Waals surface area contributed by atoms with E-state index in [1.54, 1.807) is 36.4 Å². The van der Waals surface area contributed by atoms with Crippen LogP contribution in [0.15, 0.2) is 54.7 Å². The summed E-state index contributed by atoms with van der Waals surface area (Å²) in [6, 6.07) is 13.4. The van der Waals surface area contributed by atoms with Crippen molar-refractivity contribution in [3.8, 4) is 0 Å². The summed E-state index contributed by atoms with van der Waals surface area (Å²) < 4.78 is 39.8. The summed E-state index contributed by atoms with van der Waals surface area (Å²) in [6.45, 7) is 1.67. The van der Waals surface area contributed by atoms with E-state index in [1.807, 2.05) is 13.0 Å². The average molecular weight is 360 g/mol. The van der Waals surface area contributed by atoms with Gasteiger partial charge in [-0.05, 0) is 30.7 Å². The van der Waals surface area contributed by atoms with Crippen molar-refractivity contribution < 1.29 is 22.8 Å². The van der Waals surface area contributed by atoms with Crippen LogP contribution in [-0.2, 0) is 11.3 Å².